The van der Waals surface area contributed by atoms with Crippen LogP contribution in [0.5, 0.6) is 0 Å². The van der Waals surface area contributed by atoms with E-state index < -0.39 is 0 Å². The average molecular weight is 248 g/mol. The monoisotopic (exact) mass is 247 g/mol. The van der Waals surface area contributed by atoms with Gasteiger partial charge in [-0.25, -0.2) is 0 Å². The Hall–Kier alpha value is -0.0500. The number of nitrogens with zero attached hydrogens (tertiary/aromatic N) is 1. The molecule has 0 heterocycles. The highest BCUT2D eigenvalue weighted by Gasteiger charge is 2.27. The predicted octanol–water partition coefficient (Wildman–Crippen LogP) is 2.42. The van der Waals surface area contributed by atoms with Crippen LogP contribution in [-0.2, 0) is 4.79 Å². The molecule has 1 aliphatic rings. The first-order valence-electron chi connectivity index (χ1n) is 5.00. The van der Waals surface area contributed by atoms with Crippen molar-refractivity contribution in [3.63, 3.8) is 0 Å². The third kappa shape index (κ3) is 3.67. The maximum atomic E-state index is 11.7. The van der Waals surface area contributed by atoms with Gasteiger partial charge in [0, 0.05) is 24.3 Å². The minimum absolute atomic E-state index is 0.331. The maximum Gasteiger partial charge on any atom is 0.223 e. The first-order chi connectivity index (χ1) is 6.15. The van der Waals surface area contributed by atoms with Crippen LogP contribution < -0.4 is 0 Å². The molecular formula is C10H18BrNO. The second kappa shape index (κ2) is 4.99. The van der Waals surface area contributed by atoms with E-state index in [0.717, 1.165) is 18.3 Å². The van der Waals surface area contributed by atoms with E-state index in [9.17, 15) is 4.79 Å². The second-order valence-corrected chi connectivity index (χ2v) is 4.81. The molecule has 0 unspecified atom stereocenters. The first kappa shape index (κ1) is 11.0. The number of alkyl halides is 1. The summed E-state index contributed by atoms with van der Waals surface area (Å²) in [5, 5.41) is 0.877. The second-order valence-electron chi connectivity index (χ2n) is 4.02. The summed E-state index contributed by atoms with van der Waals surface area (Å²) < 4.78 is 0. The van der Waals surface area contributed by atoms with Crippen LogP contribution in [0.2, 0.25) is 0 Å². The van der Waals surface area contributed by atoms with Gasteiger partial charge in [-0.15, -0.1) is 0 Å². The third-order valence-corrected chi connectivity index (χ3v) is 2.78. The number of halogens is 1. The number of amides is 1. The molecule has 1 rings (SSSR count). The topological polar surface area (TPSA) is 20.3 Å². The van der Waals surface area contributed by atoms with Crippen LogP contribution >= 0.6 is 15.9 Å². The fourth-order valence-electron chi connectivity index (χ4n) is 1.45. The molecule has 0 atom stereocenters. The minimum Gasteiger partial charge on any atom is -0.339 e. The van der Waals surface area contributed by atoms with E-state index >= 15 is 0 Å². The smallest absolute Gasteiger partial charge is 0.223 e. The van der Waals surface area contributed by atoms with Crippen LogP contribution in [0.25, 0.3) is 0 Å². The number of hydrogen-bond acceptors (Lipinski definition) is 1. The quantitative estimate of drug-likeness (QED) is 0.684. The van der Waals surface area contributed by atoms with E-state index in [2.05, 4.69) is 29.8 Å². The summed E-state index contributed by atoms with van der Waals surface area (Å²) in [7, 11) is 0. The van der Waals surface area contributed by atoms with Gasteiger partial charge in [-0.2, -0.15) is 0 Å². The molecule has 1 amide bonds. The van der Waals surface area contributed by atoms with Gasteiger partial charge in [-0.1, -0.05) is 15.9 Å². The van der Waals surface area contributed by atoms with E-state index in [1.165, 1.54) is 12.8 Å². The van der Waals surface area contributed by atoms with Crippen LogP contribution in [0.4, 0.5) is 0 Å². The summed E-state index contributed by atoms with van der Waals surface area (Å²) in [5.74, 6) is 1.03. The van der Waals surface area contributed by atoms with E-state index in [-0.39, 0.29) is 0 Å². The normalized spacial score (nSPS) is 16.3. The number of rotatable bonds is 5. The zero-order valence-corrected chi connectivity index (χ0v) is 10.0. The lowest BCUT2D eigenvalue weighted by atomic mass is 10.2. The van der Waals surface area contributed by atoms with E-state index in [1.807, 2.05) is 4.90 Å². The molecule has 0 N–H and O–H groups in total. The van der Waals surface area contributed by atoms with Crippen LogP contribution in [0, 0.1) is 5.92 Å². The highest BCUT2D eigenvalue weighted by atomic mass is 79.9. The van der Waals surface area contributed by atoms with E-state index in [0.29, 0.717) is 17.9 Å². The molecule has 0 radical (unpaired) electrons. The summed E-state index contributed by atoms with van der Waals surface area (Å²) in [4.78, 5) is 13.7. The molecule has 0 saturated heterocycles. The Morgan fingerprint density at radius 1 is 1.54 bits per heavy atom. The van der Waals surface area contributed by atoms with Crippen LogP contribution in [0.3, 0.4) is 0 Å². The highest BCUT2D eigenvalue weighted by Crippen LogP contribution is 2.33. The summed E-state index contributed by atoms with van der Waals surface area (Å²) in [6, 6.07) is 0.337. The maximum absolute atomic E-state index is 11.7. The molecule has 3 heteroatoms. The van der Waals surface area contributed by atoms with Gasteiger partial charge in [-0.05, 0) is 32.6 Å². The van der Waals surface area contributed by atoms with Gasteiger partial charge in [0.05, 0.1) is 0 Å². The Morgan fingerprint density at radius 2 is 2.15 bits per heavy atom. The van der Waals surface area contributed by atoms with Crippen molar-refractivity contribution in [1.82, 2.24) is 4.90 Å². The van der Waals surface area contributed by atoms with Gasteiger partial charge in [0.15, 0.2) is 0 Å². The van der Waals surface area contributed by atoms with Crippen LogP contribution in [0.1, 0.15) is 33.1 Å². The molecule has 76 valence electrons. The largest absolute Gasteiger partial charge is 0.339 e. The highest BCUT2D eigenvalue weighted by molar-refractivity contribution is 9.09. The van der Waals surface area contributed by atoms with Crippen LogP contribution in [-0.4, -0.2) is 28.7 Å². The Bertz CT molecular complexity index is 178. The molecule has 0 aromatic rings. The Kier molecular flexibility index (Phi) is 4.23. The fourth-order valence-corrected chi connectivity index (χ4v) is 1.83. The minimum atomic E-state index is 0.331. The van der Waals surface area contributed by atoms with Crippen molar-refractivity contribution in [3.8, 4) is 0 Å². The summed E-state index contributed by atoms with van der Waals surface area (Å²) in [5.41, 5.74) is 0. The van der Waals surface area contributed by atoms with Gasteiger partial charge >= 0.3 is 0 Å². The Labute approximate surface area is 88.8 Å². The summed E-state index contributed by atoms with van der Waals surface area (Å²) in [6.45, 7) is 4.99. The van der Waals surface area contributed by atoms with Gasteiger partial charge in [0.2, 0.25) is 5.91 Å². The molecule has 0 aromatic heterocycles. The lowest BCUT2D eigenvalue weighted by molar-refractivity contribution is -0.132. The number of carbonyl (C=O) groups is 1. The standard InChI is InChI=1S/C10H18BrNO/c1-8(2)12(6-5-11)10(13)7-9-3-4-9/h8-9H,3-7H2,1-2H3. The Balaban J connectivity index is 2.36. The molecule has 2 nitrogen and oxygen atoms in total. The lowest BCUT2D eigenvalue weighted by Gasteiger charge is -2.26. The van der Waals surface area contributed by atoms with Crippen molar-refractivity contribution in [2.24, 2.45) is 5.92 Å². The van der Waals surface area contributed by atoms with Gasteiger partial charge in [-0.3, -0.25) is 4.79 Å². The Morgan fingerprint density at radius 3 is 2.54 bits per heavy atom. The lowest BCUT2D eigenvalue weighted by Crippen LogP contribution is -2.38. The van der Waals surface area contributed by atoms with Crippen molar-refractivity contribution >= 4 is 21.8 Å². The molecule has 0 aromatic carbocycles. The molecular weight excluding hydrogens is 230 g/mol. The summed E-state index contributed by atoms with van der Waals surface area (Å²) >= 11 is 3.37. The zero-order chi connectivity index (χ0) is 9.84. The molecule has 1 saturated carbocycles. The van der Waals surface area contributed by atoms with Gasteiger partial charge in [0.1, 0.15) is 0 Å². The average Bonchev–Trinajstić information content (AvgIpc) is 2.83. The predicted molar refractivity (Wildman–Crippen MR) is 58.0 cm³/mol. The van der Waals surface area contributed by atoms with Crippen molar-refractivity contribution in [2.45, 2.75) is 39.2 Å². The number of carbonyl (C=O) groups excluding carboxylic acids is 1. The molecule has 0 spiro atoms. The zero-order valence-electron chi connectivity index (χ0n) is 8.42. The summed E-state index contributed by atoms with van der Waals surface area (Å²) in [6.07, 6.45) is 3.28. The molecule has 0 aliphatic heterocycles. The number of hydrogen-bond donors (Lipinski definition) is 0. The van der Waals surface area contributed by atoms with Gasteiger partial charge < -0.3 is 4.90 Å². The fraction of sp³-hybridized carbons (Fsp3) is 0.900. The third-order valence-electron chi connectivity index (χ3n) is 2.43. The van der Waals surface area contributed by atoms with Crippen LogP contribution in [0.15, 0.2) is 0 Å². The van der Waals surface area contributed by atoms with Crippen molar-refractivity contribution in [2.75, 3.05) is 11.9 Å². The van der Waals surface area contributed by atoms with Crippen molar-refractivity contribution in [1.29, 1.82) is 0 Å². The van der Waals surface area contributed by atoms with E-state index in [1.54, 1.807) is 0 Å². The SMILES string of the molecule is CC(C)N(CCBr)C(=O)CC1CC1. The molecule has 13 heavy (non-hydrogen) atoms. The van der Waals surface area contributed by atoms with Gasteiger partial charge in [0.25, 0.3) is 0 Å². The first-order valence-corrected chi connectivity index (χ1v) is 6.12. The van der Waals surface area contributed by atoms with Crippen molar-refractivity contribution < 1.29 is 4.79 Å². The van der Waals surface area contributed by atoms with Crippen molar-refractivity contribution in [3.05, 3.63) is 0 Å². The molecule has 1 aliphatic carbocycles. The molecule has 1 fully saturated rings. The molecule has 0 bridgehead atoms. The van der Waals surface area contributed by atoms with E-state index in [4.69, 9.17) is 0 Å².